The molecular weight excluding hydrogens is 206 g/mol. The van der Waals surface area contributed by atoms with Crippen LogP contribution in [0.3, 0.4) is 0 Å². The Balaban J connectivity index is 4.95. The molecule has 0 unspecified atom stereocenters. The number of hydrogen-bond donors (Lipinski definition) is 1. The summed E-state index contributed by atoms with van der Waals surface area (Å²) in [4.78, 5) is 9.57. The molecule has 1 N–H and O–H groups in total. The van der Waals surface area contributed by atoms with E-state index >= 15 is 0 Å². The number of carboxylic acids is 1. The highest BCUT2D eigenvalue weighted by Gasteiger charge is 2.61. The van der Waals surface area contributed by atoms with Gasteiger partial charge in [-0.25, -0.2) is 9.18 Å². The lowest BCUT2D eigenvalue weighted by Crippen LogP contribution is -2.37. The van der Waals surface area contributed by atoms with Crippen LogP contribution in [0.2, 0.25) is 0 Å². The standard InChI is InChI=1S/C5H2F6O2/c6-2(1-3(12)13)4(7,8)5(9,10)11/h1H,(H,12,13)/b2-1-. The normalized spacial score (nSPS) is 14.5. The van der Waals surface area contributed by atoms with Gasteiger partial charge in [-0.3, -0.25) is 0 Å². The summed E-state index contributed by atoms with van der Waals surface area (Å²) < 4.78 is 69.6. The average molecular weight is 208 g/mol. The van der Waals surface area contributed by atoms with Gasteiger partial charge in [0.1, 0.15) is 0 Å². The molecule has 0 amide bonds. The molecule has 0 spiro atoms. The zero-order chi connectivity index (χ0) is 10.9. The highest BCUT2D eigenvalue weighted by atomic mass is 19.4. The highest BCUT2D eigenvalue weighted by molar-refractivity contribution is 5.80. The summed E-state index contributed by atoms with van der Waals surface area (Å²) >= 11 is 0. The van der Waals surface area contributed by atoms with Crippen molar-refractivity contribution in [1.82, 2.24) is 0 Å². The molecule has 0 saturated heterocycles. The zero-order valence-electron chi connectivity index (χ0n) is 5.70. The Morgan fingerprint density at radius 2 is 1.54 bits per heavy atom. The van der Waals surface area contributed by atoms with E-state index in [0.29, 0.717) is 0 Å². The summed E-state index contributed by atoms with van der Waals surface area (Å²) in [6.07, 6.45) is -6.98. The van der Waals surface area contributed by atoms with Gasteiger partial charge in [-0.15, -0.1) is 0 Å². The Hall–Kier alpha value is -1.21. The lowest BCUT2D eigenvalue weighted by atomic mass is 10.2. The van der Waals surface area contributed by atoms with Crippen molar-refractivity contribution < 1.29 is 36.2 Å². The molecule has 0 aliphatic carbocycles. The molecule has 0 aliphatic heterocycles. The molecule has 0 aromatic carbocycles. The molecule has 0 aromatic heterocycles. The second-order valence-electron chi connectivity index (χ2n) is 1.90. The second kappa shape index (κ2) is 3.27. The first-order valence-electron chi connectivity index (χ1n) is 2.64. The molecule has 0 bridgehead atoms. The van der Waals surface area contributed by atoms with Crippen molar-refractivity contribution in [2.45, 2.75) is 12.1 Å². The van der Waals surface area contributed by atoms with E-state index in [0.717, 1.165) is 0 Å². The fourth-order valence-corrected chi connectivity index (χ4v) is 0.334. The highest BCUT2D eigenvalue weighted by Crippen LogP contribution is 2.41. The Morgan fingerprint density at radius 3 is 1.77 bits per heavy atom. The van der Waals surface area contributed by atoms with Crippen molar-refractivity contribution in [3.63, 3.8) is 0 Å². The van der Waals surface area contributed by atoms with Crippen LogP contribution >= 0.6 is 0 Å². The van der Waals surface area contributed by atoms with Crippen LogP contribution in [0, 0.1) is 0 Å². The van der Waals surface area contributed by atoms with Crippen LogP contribution in [0.25, 0.3) is 0 Å². The van der Waals surface area contributed by atoms with Gasteiger partial charge in [0, 0.05) is 0 Å². The Labute approximate surface area is 67.5 Å². The largest absolute Gasteiger partial charge is 0.478 e. The van der Waals surface area contributed by atoms with Crippen LogP contribution in [0.4, 0.5) is 26.3 Å². The van der Waals surface area contributed by atoms with E-state index in [1.54, 1.807) is 0 Å². The second-order valence-corrected chi connectivity index (χ2v) is 1.90. The summed E-state index contributed by atoms with van der Waals surface area (Å²) in [5.41, 5.74) is 0. The number of rotatable bonds is 2. The molecule has 13 heavy (non-hydrogen) atoms. The average Bonchev–Trinajstić information content (AvgIpc) is 1.82. The van der Waals surface area contributed by atoms with Gasteiger partial charge in [0.2, 0.25) is 0 Å². The number of hydrogen-bond acceptors (Lipinski definition) is 1. The number of aliphatic carboxylic acids is 1. The monoisotopic (exact) mass is 208 g/mol. The fraction of sp³-hybridized carbons (Fsp3) is 0.400. The van der Waals surface area contributed by atoms with E-state index in [1.165, 1.54) is 0 Å². The molecule has 0 rings (SSSR count). The molecule has 0 atom stereocenters. The minimum atomic E-state index is -6.14. The molecule has 0 radical (unpaired) electrons. The number of carbonyl (C=O) groups is 1. The van der Waals surface area contributed by atoms with Crippen molar-refractivity contribution >= 4 is 5.97 Å². The molecule has 8 heteroatoms. The quantitative estimate of drug-likeness (QED) is 0.557. The summed E-state index contributed by atoms with van der Waals surface area (Å²) in [5, 5.41) is 7.70. The Kier molecular flexibility index (Phi) is 2.96. The van der Waals surface area contributed by atoms with Crippen molar-refractivity contribution in [1.29, 1.82) is 0 Å². The van der Waals surface area contributed by atoms with Gasteiger partial charge in [0.15, 0.2) is 5.83 Å². The smallest absolute Gasteiger partial charge is 0.460 e. The molecule has 0 aliphatic rings. The van der Waals surface area contributed by atoms with Crippen molar-refractivity contribution in [3.05, 3.63) is 11.9 Å². The maximum atomic E-state index is 11.9. The van der Waals surface area contributed by atoms with Gasteiger partial charge in [0.05, 0.1) is 6.08 Å². The Morgan fingerprint density at radius 1 is 1.15 bits per heavy atom. The van der Waals surface area contributed by atoms with E-state index in [-0.39, 0.29) is 0 Å². The fourth-order valence-electron chi connectivity index (χ4n) is 0.334. The van der Waals surface area contributed by atoms with Crippen LogP contribution in [0.1, 0.15) is 0 Å². The lowest BCUT2D eigenvalue weighted by Gasteiger charge is -2.16. The van der Waals surface area contributed by atoms with Gasteiger partial charge >= 0.3 is 18.1 Å². The van der Waals surface area contributed by atoms with E-state index in [1.807, 2.05) is 0 Å². The SMILES string of the molecule is O=C(O)/C=C(\F)C(F)(F)C(F)(F)F. The maximum absolute atomic E-state index is 11.9. The zero-order valence-corrected chi connectivity index (χ0v) is 5.70. The van der Waals surface area contributed by atoms with Crippen molar-refractivity contribution in [3.8, 4) is 0 Å². The number of halogens is 6. The summed E-state index contributed by atoms with van der Waals surface area (Å²) in [6, 6.07) is 0. The van der Waals surface area contributed by atoms with Crippen LogP contribution in [0.5, 0.6) is 0 Å². The molecule has 2 nitrogen and oxygen atoms in total. The van der Waals surface area contributed by atoms with Gasteiger partial charge in [-0.1, -0.05) is 0 Å². The van der Waals surface area contributed by atoms with Crippen LogP contribution in [-0.4, -0.2) is 23.2 Å². The molecule has 0 saturated carbocycles. The molecular formula is C5H2F6O2. The third-order valence-electron chi connectivity index (χ3n) is 0.906. The number of allylic oxidation sites excluding steroid dienone is 1. The summed E-state index contributed by atoms with van der Waals surface area (Å²) in [6.45, 7) is 0. The number of carboxylic acid groups (broad SMARTS) is 1. The first-order chi connectivity index (χ1) is 5.59. The Bertz CT molecular complexity index is 240. The summed E-state index contributed by atoms with van der Waals surface area (Å²) in [5.74, 6) is -11.0. The van der Waals surface area contributed by atoms with Crippen LogP contribution in [0.15, 0.2) is 11.9 Å². The predicted octanol–water partition coefficient (Wildman–Crippen LogP) is 2.12. The molecule has 0 heterocycles. The summed E-state index contributed by atoms with van der Waals surface area (Å²) in [7, 11) is 0. The van der Waals surface area contributed by atoms with E-state index in [4.69, 9.17) is 5.11 Å². The molecule has 0 aromatic rings. The van der Waals surface area contributed by atoms with Crippen LogP contribution in [-0.2, 0) is 4.79 Å². The van der Waals surface area contributed by atoms with Gasteiger partial charge in [-0.05, 0) is 0 Å². The van der Waals surface area contributed by atoms with E-state index in [9.17, 15) is 31.1 Å². The first-order valence-corrected chi connectivity index (χ1v) is 2.64. The minimum Gasteiger partial charge on any atom is -0.478 e. The third kappa shape index (κ3) is 2.63. The molecule has 0 fully saturated rings. The van der Waals surface area contributed by atoms with Crippen molar-refractivity contribution in [2.24, 2.45) is 0 Å². The van der Waals surface area contributed by atoms with E-state index in [2.05, 4.69) is 0 Å². The maximum Gasteiger partial charge on any atom is 0.460 e. The molecule has 76 valence electrons. The van der Waals surface area contributed by atoms with Gasteiger partial charge < -0.3 is 5.11 Å². The van der Waals surface area contributed by atoms with Crippen LogP contribution < -0.4 is 0 Å². The lowest BCUT2D eigenvalue weighted by molar-refractivity contribution is -0.270. The van der Waals surface area contributed by atoms with Crippen molar-refractivity contribution in [2.75, 3.05) is 0 Å². The number of alkyl halides is 5. The van der Waals surface area contributed by atoms with Gasteiger partial charge in [0.25, 0.3) is 0 Å². The minimum absolute atomic E-state index is 0.840. The van der Waals surface area contributed by atoms with Gasteiger partial charge in [-0.2, -0.15) is 22.0 Å². The first kappa shape index (κ1) is 11.8. The van der Waals surface area contributed by atoms with E-state index < -0.39 is 30.0 Å². The third-order valence-corrected chi connectivity index (χ3v) is 0.906. The topological polar surface area (TPSA) is 37.3 Å². The predicted molar refractivity (Wildman–Crippen MR) is 27.8 cm³/mol.